The molecule has 80 valence electrons. The third kappa shape index (κ3) is 2.65. The van der Waals surface area contributed by atoms with Gasteiger partial charge in [-0.15, -0.1) is 0 Å². The van der Waals surface area contributed by atoms with Gasteiger partial charge in [0.1, 0.15) is 11.9 Å². The SMILES string of the molecule is COc1ccc(N=C2OC(C)CS2)cc1. The van der Waals surface area contributed by atoms with Gasteiger partial charge in [-0.3, -0.25) is 0 Å². The standard InChI is InChI=1S/C11H13NO2S/c1-8-7-15-11(14-8)12-9-3-5-10(13-2)6-4-9/h3-6,8H,7H2,1-2H3. The Morgan fingerprint density at radius 2 is 2.13 bits per heavy atom. The molecule has 0 saturated carbocycles. The zero-order chi connectivity index (χ0) is 10.7. The molecule has 3 nitrogen and oxygen atoms in total. The van der Waals surface area contributed by atoms with Gasteiger partial charge in [0, 0.05) is 5.75 Å². The van der Waals surface area contributed by atoms with Crippen molar-refractivity contribution in [2.45, 2.75) is 13.0 Å². The largest absolute Gasteiger partial charge is 0.497 e. The van der Waals surface area contributed by atoms with Crippen molar-refractivity contribution >= 4 is 22.7 Å². The molecule has 0 spiro atoms. The number of nitrogens with zero attached hydrogens (tertiary/aromatic N) is 1. The van der Waals surface area contributed by atoms with E-state index in [4.69, 9.17) is 9.47 Å². The molecule has 0 bridgehead atoms. The van der Waals surface area contributed by atoms with Crippen molar-refractivity contribution in [3.63, 3.8) is 0 Å². The zero-order valence-corrected chi connectivity index (χ0v) is 9.58. The van der Waals surface area contributed by atoms with Gasteiger partial charge in [0.15, 0.2) is 0 Å². The van der Waals surface area contributed by atoms with E-state index in [9.17, 15) is 0 Å². The van der Waals surface area contributed by atoms with Crippen LogP contribution in [0.2, 0.25) is 0 Å². The zero-order valence-electron chi connectivity index (χ0n) is 8.77. The summed E-state index contributed by atoms with van der Waals surface area (Å²) in [6.45, 7) is 2.05. The van der Waals surface area contributed by atoms with Crippen LogP contribution in [0.4, 0.5) is 5.69 Å². The highest BCUT2D eigenvalue weighted by Gasteiger charge is 2.17. The highest BCUT2D eigenvalue weighted by Crippen LogP contribution is 2.24. The molecular weight excluding hydrogens is 210 g/mol. The van der Waals surface area contributed by atoms with Gasteiger partial charge < -0.3 is 9.47 Å². The highest BCUT2D eigenvalue weighted by atomic mass is 32.2. The third-order valence-electron chi connectivity index (χ3n) is 2.04. The highest BCUT2D eigenvalue weighted by molar-refractivity contribution is 8.13. The Morgan fingerprint density at radius 3 is 2.67 bits per heavy atom. The van der Waals surface area contributed by atoms with Crippen LogP contribution >= 0.6 is 11.8 Å². The van der Waals surface area contributed by atoms with Crippen LogP contribution in [0.25, 0.3) is 0 Å². The minimum atomic E-state index is 0.270. The molecular formula is C11H13NO2S. The molecule has 1 atom stereocenters. The van der Waals surface area contributed by atoms with Crippen LogP contribution in [0.3, 0.4) is 0 Å². The minimum absolute atomic E-state index is 0.270. The van der Waals surface area contributed by atoms with Crippen molar-refractivity contribution < 1.29 is 9.47 Å². The quantitative estimate of drug-likeness (QED) is 0.772. The molecule has 1 unspecified atom stereocenters. The summed E-state index contributed by atoms with van der Waals surface area (Å²) in [5, 5.41) is 0.757. The summed E-state index contributed by atoms with van der Waals surface area (Å²) in [5.41, 5.74) is 0.896. The summed E-state index contributed by atoms with van der Waals surface area (Å²) in [6, 6.07) is 7.61. The van der Waals surface area contributed by atoms with Crippen molar-refractivity contribution in [3.05, 3.63) is 24.3 Å². The van der Waals surface area contributed by atoms with Gasteiger partial charge in [0.25, 0.3) is 5.23 Å². The predicted octanol–water partition coefficient (Wildman–Crippen LogP) is 2.83. The maximum absolute atomic E-state index is 5.50. The van der Waals surface area contributed by atoms with Crippen LogP contribution in [-0.2, 0) is 4.74 Å². The van der Waals surface area contributed by atoms with Crippen LogP contribution in [0, 0.1) is 0 Å². The van der Waals surface area contributed by atoms with Gasteiger partial charge in [-0.25, -0.2) is 4.99 Å². The second kappa shape index (κ2) is 4.57. The van der Waals surface area contributed by atoms with Crippen LogP contribution < -0.4 is 4.74 Å². The number of methoxy groups -OCH3 is 1. The van der Waals surface area contributed by atoms with E-state index >= 15 is 0 Å². The number of aliphatic imine (C=N–C) groups is 1. The first-order valence-electron chi connectivity index (χ1n) is 4.80. The van der Waals surface area contributed by atoms with E-state index in [1.54, 1.807) is 18.9 Å². The second-order valence-electron chi connectivity index (χ2n) is 3.32. The Bertz CT molecular complexity index is 361. The molecule has 1 aliphatic heterocycles. The Balaban J connectivity index is 2.10. The molecule has 1 aromatic carbocycles. The predicted molar refractivity (Wildman–Crippen MR) is 63.1 cm³/mol. The lowest BCUT2D eigenvalue weighted by molar-refractivity contribution is 0.252. The monoisotopic (exact) mass is 223 g/mol. The van der Waals surface area contributed by atoms with E-state index in [1.807, 2.05) is 31.2 Å². The maximum atomic E-state index is 5.50. The fraction of sp³-hybridized carbons (Fsp3) is 0.364. The fourth-order valence-electron chi connectivity index (χ4n) is 1.25. The normalized spacial score (nSPS) is 22.8. The van der Waals surface area contributed by atoms with Gasteiger partial charge in [0.05, 0.1) is 12.8 Å². The molecule has 15 heavy (non-hydrogen) atoms. The van der Waals surface area contributed by atoms with Crippen molar-refractivity contribution in [1.29, 1.82) is 0 Å². The van der Waals surface area contributed by atoms with Gasteiger partial charge in [-0.05, 0) is 31.2 Å². The molecule has 1 aliphatic rings. The Hall–Kier alpha value is -1.16. The van der Waals surface area contributed by atoms with Gasteiger partial charge in [0.2, 0.25) is 0 Å². The van der Waals surface area contributed by atoms with Crippen molar-refractivity contribution in [3.8, 4) is 5.75 Å². The number of hydrogen-bond acceptors (Lipinski definition) is 4. The fourth-order valence-corrected chi connectivity index (χ4v) is 2.10. The second-order valence-corrected chi connectivity index (χ2v) is 4.29. The van der Waals surface area contributed by atoms with Crippen LogP contribution in [-0.4, -0.2) is 24.2 Å². The van der Waals surface area contributed by atoms with Crippen LogP contribution in [0.15, 0.2) is 29.3 Å². The number of benzene rings is 1. The average Bonchev–Trinajstić information content (AvgIpc) is 2.65. The van der Waals surface area contributed by atoms with Gasteiger partial charge in [-0.1, -0.05) is 11.8 Å². The van der Waals surface area contributed by atoms with E-state index in [-0.39, 0.29) is 6.10 Å². The molecule has 4 heteroatoms. The summed E-state index contributed by atoms with van der Waals surface area (Å²) in [5.74, 6) is 1.82. The van der Waals surface area contributed by atoms with Gasteiger partial charge >= 0.3 is 0 Å². The van der Waals surface area contributed by atoms with Crippen LogP contribution in [0.1, 0.15) is 6.92 Å². The minimum Gasteiger partial charge on any atom is -0.497 e. The molecule has 2 rings (SSSR count). The molecule has 1 heterocycles. The van der Waals surface area contributed by atoms with Crippen molar-refractivity contribution in [1.82, 2.24) is 0 Å². The van der Waals surface area contributed by atoms with Gasteiger partial charge in [-0.2, -0.15) is 0 Å². The molecule has 1 fully saturated rings. The number of thioether (sulfide) groups is 1. The third-order valence-corrected chi connectivity index (χ3v) is 3.11. The summed E-state index contributed by atoms with van der Waals surface area (Å²) >= 11 is 1.65. The summed E-state index contributed by atoms with van der Waals surface area (Å²) < 4.78 is 10.6. The Labute approximate surface area is 93.5 Å². The lowest BCUT2D eigenvalue weighted by atomic mass is 10.3. The van der Waals surface area contributed by atoms with E-state index in [0.717, 1.165) is 22.4 Å². The van der Waals surface area contributed by atoms with E-state index in [2.05, 4.69) is 4.99 Å². The molecule has 1 saturated heterocycles. The molecule has 0 N–H and O–H groups in total. The molecule has 0 radical (unpaired) electrons. The van der Waals surface area contributed by atoms with Crippen LogP contribution in [0.5, 0.6) is 5.75 Å². The first-order chi connectivity index (χ1) is 7.28. The molecule has 0 amide bonds. The first-order valence-corrected chi connectivity index (χ1v) is 5.78. The summed E-state index contributed by atoms with van der Waals surface area (Å²) in [7, 11) is 1.65. The van der Waals surface area contributed by atoms with Crippen molar-refractivity contribution in [2.24, 2.45) is 4.99 Å². The average molecular weight is 223 g/mol. The lowest BCUT2D eigenvalue weighted by Crippen LogP contribution is -2.02. The Kier molecular flexibility index (Phi) is 3.16. The molecule has 1 aromatic rings. The first kappa shape index (κ1) is 10.4. The summed E-state index contributed by atoms with van der Waals surface area (Å²) in [4.78, 5) is 4.39. The molecule has 0 aliphatic carbocycles. The topological polar surface area (TPSA) is 30.8 Å². The smallest absolute Gasteiger partial charge is 0.251 e. The van der Waals surface area contributed by atoms with E-state index in [0.29, 0.717) is 0 Å². The lowest BCUT2D eigenvalue weighted by Gasteiger charge is -2.01. The molecule has 0 aromatic heterocycles. The van der Waals surface area contributed by atoms with E-state index < -0.39 is 0 Å². The van der Waals surface area contributed by atoms with E-state index in [1.165, 1.54) is 0 Å². The number of rotatable bonds is 2. The number of ether oxygens (including phenoxy) is 2. The Morgan fingerprint density at radius 1 is 1.40 bits per heavy atom. The maximum Gasteiger partial charge on any atom is 0.251 e. The summed E-state index contributed by atoms with van der Waals surface area (Å²) in [6.07, 6.45) is 0.270. The van der Waals surface area contributed by atoms with Crippen molar-refractivity contribution in [2.75, 3.05) is 12.9 Å². The number of hydrogen-bond donors (Lipinski definition) is 0.